The summed E-state index contributed by atoms with van der Waals surface area (Å²) < 4.78 is 0. The zero-order chi connectivity index (χ0) is 17.6. The average molecular weight is 369 g/mol. The van der Waals surface area contributed by atoms with Gasteiger partial charge in [-0.05, 0) is 36.8 Å². The summed E-state index contributed by atoms with van der Waals surface area (Å²) in [5.41, 5.74) is 0.774. The second kappa shape index (κ2) is 13.2. The standard InChI is InChI=1S/C19H29ClN2OS/c1-2-3-4-5-6-7-8-9-10-14-18(23)22-19(24)21-17-13-11-12-16(20)15-17/h11-13,15H,2-10,14H2,1H3,(H2,21,22,23,24). The molecule has 0 saturated carbocycles. The van der Waals surface area contributed by atoms with Crippen molar-refractivity contribution in [2.75, 3.05) is 5.32 Å². The van der Waals surface area contributed by atoms with Crippen LogP contribution >= 0.6 is 23.8 Å². The lowest BCUT2D eigenvalue weighted by Gasteiger charge is -2.09. The van der Waals surface area contributed by atoms with Gasteiger partial charge in [0.1, 0.15) is 0 Å². The van der Waals surface area contributed by atoms with Gasteiger partial charge in [-0.15, -0.1) is 0 Å². The van der Waals surface area contributed by atoms with Gasteiger partial charge in [-0.25, -0.2) is 0 Å². The van der Waals surface area contributed by atoms with Crippen LogP contribution in [0.4, 0.5) is 5.69 Å². The van der Waals surface area contributed by atoms with Crippen molar-refractivity contribution in [3.8, 4) is 0 Å². The van der Waals surface area contributed by atoms with Crippen LogP contribution in [0.15, 0.2) is 24.3 Å². The van der Waals surface area contributed by atoms with E-state index in [0.29, 0.717) is 16.6 Å². The highest BCUT2D eigenvalue weighted by Crippen LogP contribution is 2.14. The molecule has 5 heteroatoms. The number of anilines is 1. The van der Waals surface area contributed by atoms with E-state index in [4.69, 9.17) is 23.8 Å². The highest BCUT2D eigenvalue weighted by Gasteiger charge is 2.05. The molecule has 0 aromatic heterocycles. The Morgan fingerprint density at radius 1 is 1.04 bits per heavy atom. The Bertz CT molecular complexity index is 508. The quantitative estimate of drug-likeness (QED) is 0.367. The number of hydrogen-bond donors (Lipinski definition) is 2. The van der Waals surface area contributed by atoms with E-state index in [0.717, 1.165) is 18.5 Å². The van der Waals surface area contributed by atoms with Gasteiger partial charge in [-0.1, -0.05) is 76.0 Å². The van der Waals surface area contributed by atoms with Crippen molar-refractivity contribution in [3.05, 3.63) is 29.3 Å². The Kier molecular flexibility index (Phi) is 11.5. The molecule has 1 rings (SSSR count). The molecule has 1 aromatic rings. The Hall–Kier alpha value is -1.13. The van der Waals surface area contributed by atoms with E-state index in [9.17, 15) is 4.79 Å². The summed E-state index contributed by atoms with van der Waals surface area (Å²) in [6, 6.07) is 7.24. The maximum Gasteiger partial charge on any atom is 0.226 e. The Morgan fingerprint density at radius 3 is 2.29 bits per heavy atom. The third-order valence-corrected chi connectivity index (χ3v) is 4.28. The first-order chi connectivity index (χ1) is 11.6. The Labute approximate surface area is 156 Å². The fraction of sp³-hybridized carbons (Fsp3) is 0.579. The lowest BCUT2D eigenvalue weighted by Crippen LogP contribution is -2.33. The van der Waals surface area contributed by atoms with Crippen molar-refractivity contribution in [1.29, 1.82) is 0 Å². The number of thiocarbonyl (C=S) groups is 1. The van der Waals surface area contributed by atoms with Crippen molar-refractivity contribution in [3.63, 3.8) is 0 Å². The summed E-state index contributed by atoms with van der Waals surface area (Å²) in [5, 5.41) is 6.62. The molecule has 0 fully saturated rings. The first-order valence-electron chi connectivity index (χ1n) is 8.98. The molecular formula is C19H29ClN2OS. The third kappa shape index (κ3) is 10.6. The first kappa shape index (κ1) is 20.9. The number of amides is 1. The number of hydrogen-bond acceptors (Lipinski definition) is 2. The summed E-state index contributed by atoms with van der Waals surface area (Å²) >= 11 is 11.0. The van der Waals surface area contributed by atoms with E-state index in [2.05, 4.69) is 17.6 Å². The molecule has 0 aliphatic carbocycles. The minimum absolute atomic E-state index is 0.0301. The summed E-state index contributed by atoms with van der Waals surface area (Å²) in [5.74, 6) is -0.0301. The molecule has 0 aliphatic heterocycles. The minimum Gasteiger partial charge on any atom is -0.332 e. The monoisotopic (exact) mass is 368 g/mol. The SMILES string of the molecule is CCCCCCCCCCCC(=O)NC(=S)Nc1cccc(Cl)c1. The van der Waals surface area contributed by atoms with Gasteiger partial charge in [0.05, 0.1) is 0 Å². The van der Waals surface area contributed by atoms with Crippen LogP contribution in [0.1, 0.15) is 71.1 Å². The lowest BCUT2D eigenvalue weighted by atomic mass is 10.1. The highest BCUT2D eigenvalue weighted by molar-refractivity contribution is 7.80. The van der Waals surface area contributed by atoms with Crippen molar-refractivity contribution >= 4 is 40.5 Å². The van der Waals surface area contributed by atoms with Gasteiger partial charge in [-0.3, -0.25) is 4.79 Å². The van der Waals surface area contributed by atoms with Crippen LogP contribution in [0.25, 0.3) is 0 Å². The van der Waals surface area contributed by atoms with Gasteiger partial charge in [0, 0.05) is 17.1 Å². The second-order valence-corrected chi connectivity index (χ2v) is 6.94. The molecule has 0 saturated heterocycles. The predicted octanol–water partition coefficient (Wildman–Crippen LogP) is 6.07. The minimum atomic E-state index is -0.0301. The highest BCUT2D eigenvalue weighted by atomic mass is 35.5. The van der Waals surface area contributed by atoms with Gasteiger partial charge in [-0.2, -0.15) is 0 Å². The summed E-state index contributed by atoms with van der Waals surface area (Å²) in [7, 11) is 0. The van der Waals surface area contributed by atoms with Gasteiger partial charge < -0.3 is 10.6 Å². The molecule has 0 radical (unpaired) electrons. The normalized spacial score (nSPS) is 10.4. The third-order valence-electron chi connectivity index (χ3n) is 3.84. The molecule has 1 aromatic carbocycles. The molecule has 2 N–H and O–H groups in total. The van der Waals surface area contributed by atoms with Crippen molar-refractivity contribution in [2.24, 2.45) is 0 Å². The molecule has 0 bridgehead atoms. The van der Waals surface area contributed by atoms with Crippen LogP contribution in [0.3, 0.4) is 0 Å². The van der Waals surface area contributed by atoms with Crippen molar-refractivity contribution in [1.82, 2.24) is 5.32 Å². The predicted molar refractivity (Wildman–Crippen MR) is 108 cm³/mol. The van der Waals surface area contributed by atoms with Gasteiger partial charge in [0.15, 0.2) is 5.11 Å². The number of carbonyl (C=O) groups excluding carboxylic acids is 1. The van der Waals surface area contributed by atoms with E-state index in [1.165, 1.54) is 44.9 Å². The van der Waals surface area contributed by atoms with Crippen LogP contribution in [0, 0.1) is 0 Å². The van der Waals surface area contributed by atoms with Crippen LogP contribution in [0.2, 0.25) is 5.02 Å². The zero-order valence-electron chi connectivity index (χ0n) is 14.6. The van der Waals surface area contributed by atoms with E-state index in [1.807, 2.05) is 12.1 Å². The molecule has 0 aliphatic rings. The summed E-state index contributed by atoms with van der Waals surface area (Å²) in [6.07, 6.45) is 11.7. The molecule has 3 nitrogen and oxygen atoms in total. The van der Waals surface area contributed by atoms with Crippen LogP contribution in [-0.4, -0.2) is 11.0 Å². The second-order valence-electron chi connectivity index (χ2n) is 6.09. The van der Waals surface area contributed by atoms with E-state index in [-0.39, 0.29) is 5.91 Å². The number of unbranched alkanes of at least 4 members (excludes halogenated alkanes) is 8. The molecule has 0 heterocycles. The molecule has 24 heavy (non-hydrogen) atoms. The number of benzene rings is 1. The lowest BCUT2D eigenvalue weighted by molar-refractivity contribution is -0.119. The number of nitrogens with one attached hydrogen (secondary N) is 2. The fourth-order valence-corrected chi connectivity index (χ4v) is 2.94. The maximum absolute atomic E-state index is 11.9. The van der Waals surface area contributed by atoms with Crippen LogP contribution in [0.5, 0.6) is 0 Å². The maximum atomic E-state index is 11.9. The summed E-state index contributed by atoms with van der Waals surface area (Å²) in [6.45, 7) is 2.24. The average Bonchev–Trinajstić information content (AvgIpc) is 2.53. The molecule has 1 amide bonds. The van der Waals surface area contributed by atoms with Gasteiger partial charge in [0.2, 0.25) is 5.91 Å². The van der Waals surface area contributed by atoms with Crippen molar-refractivity contribution < 1.29 is 4.79 Å². The Balaban J connectivity index is 2.04. The zero-order valence-corrected chi connectivity index (χ0v) is 16.1. The fourth-order valence-electron chi connectivity index (χ4n) is 2.51. The largest absolute Gasteiger partial charge is 0.332 e. The van der Waals surface area contributed by atoms with E-state index < -0.39 is 0 Å². The topological polar surface area (TPSA) is 41.1 Å². The molecule has 0 spiro atoms. The number of carbonyl (C=O) groups is 1. The number of halogens is 1. The first-order valence-corrected chi connectivity index (χ1v) is 9.77. The smallest absolute Gasteiger partial charge is 0.226 e. The van der Waals surface area contributed by atoms with E-state index >= 15 is 0 Å². The molecule has 134 valence electrons. The van der Waals surface area contributed by atoms with Gasteiger partial charge >= 0.3 is 0 Å². The molecule has 0 atom stereocenters. The summed E-state index contributed by atoms with van der Waals surface area (Å²) in [4.78, 5) is 11.9. The molecule has 0 unspecified atom stereocenters. The van der Waals surface area contributed by atoms with Crippen LogP contribution in [-0.2, 0) is 4.79 Å². The van der Waals surface area contributed by atoms with Gasteiger partial charge in [0.25, 0.3) is 0 Å². The van der Waals surface area contributed by atoms with Crippen LogP contribution < -0.4 is 10.6 Å². The van der Waals surface area contributed by atoms with Crippen molar-refractivity contribution in [2.45, 2.75) is 71.1 Å². The Morgan fingerprint density at radius 2 is 1.67 bits per heavy atom. The van der Waals surface area contributed by atoms with E-state index in [1.54, 1.807) is 12.1 Å². The number of rotatable bonds is 11. The molecular weight excluding hydrogens is 340 g/mol.